The molecule has 6 atom stereocenters. The van der Waals surface area contributed by atoms with Crippen molar-refractivity contribution < 1.29 is 15.0 Å². The third-order valence-corrected chi connectivity index (χ3v) is 8.12. The van der Waals surface area contributed by atoms with Crippen molar-refractivity contribution in [2.24, 2.45) is 28.1 Å². The van der Waals surface area contributed by atoms with Crippen molar-refractivity contribution in [2.75, 3.05) is 6.61 Å². The first-order valence-electron chi connectivity index (χ1n) is 9.16. The molecule has 3 rings (SSSR count). The number of hydrogen-bond donors (Lipinski definition) is 2. The number of ketones is 1. The van der Waals surface area contributed by atoms with Gasteiger partial charge in [-0.05, 0) is 73.2 Å². The lowest BCUT2D eigenvalue weighted by Gasteiger charge is -2.62. The van der Waals surface area contributed by atoms with Crippen molar-refractivity contribution in [3.63, 3.8) is 0 Å². The van der Waals surface area contributed by atoms with Gasteiger partial charge >= 0.3 is 0 Å². The lowest BCUT2D eigenvalue weighted by molar-refractivity contribution is -0.142. The summed E-state index contributed by atoms with van der Waals surface area (Å²) in [5.41, 5.74) is 1.41. The summed E-state index contributed by atoms with van der Waals surface area (Å²) in [6.45, 7) is 8.85. The van der Waals surface area contributed by atoms with Crippen LogP contribution in [0.3, 0.4) is 0 Å². The van der Waals surface area contributed by atoms with Crippen molar-refractivity contribution in [1.29, 1.82) is 0 Å². The molecule has 0 aliphatic heterocycles. The largest absolute Gasteiger partial charge is 0.394 e. The summed E-state index contributed by atoms with van der Waals surface area (Å²) in [5, 5.41) is 19.7. The second-order valence-corrected chi connectivity index (χ2v) is 9.27. The second-order valence-electron chi connectivity index (χ2n) is 9.27. The van der Waals surface area contributed by atoms with E-state index in [1.165, 1.54) is 5.57 Å². The Bertz CT molecular complexity index is 539. The monoisotopic (exact) mass is 320 g/mol. The SMILES string of the molecule is CC1=CC(=O)C[C@@H]2[C@@]3(C)CC[C@](C)([C@H](O)CO)C[C@@H]3CC[C@]12C. The van der Waals surface area contributed by atoms with Gasteiger partial charge in [-0.1, -0.05) is 26.3 Å². The summed E-state index contributed by atoms with van der Waals surface area (Å²) in [6.07, 6.45) is 7.18. The number of aliphatic hydroxyl groups is 2. The van der Waals surface area contributed by atoms with Gasteiger partial charge < -0.3 is 10.2 Å². The Morgan fingerprint density at radius 1 is 1.26 bits per heavy atom. The minimum atomic E-state index is -0.630. The molecule has 0 unspecified atom stereocenters. The number of hydrogen-bond acceptors (Lipinski definition) is 3. The highest BCUT2D eigenvalue weighted by Crippen LogP contribution is 2.66. The normalized spacial score (nSPS) is 48.3. The Balaban J connectivity index is 1.92. The molecule has 3 nitrogen and oxygen atoms in total. The van der Waals surface area contributed by atoms with Crippen molar-refractivity contribution in [3.8, 4) is 0 Å². The number of allylic oxidation sites excluding steroid dienone is 2. The van der Waals surface area contributed by atoms with Crippen LogP contribution in [0.5, 0.6) is 0 Å². The number of rotatable bonds is 2. The van der Waals surface area contributed by atoms with Gasteiger partial charge in [-0.3, -0.25) is 4.79 Å². The highest BCUT2D eigenvalue weighted by Gasteiger charge is 2.59. The Morgan fingerprint density at radius 2 is 1.96 bits per heavy atom. The van der Waals surface area contributed by atoms with Crippen LogP contribution in [0.15, 0.2) is 11.6 Å². The van der Waals surface area contributed by atoms with Gasteiger partial charge in [-0.15, -0.1) is 0 Å². The van der Waals surface area contributed by atoms with Gasteiger partial charge in [0.05, 0.1) is 12.7 Å². The van der Waals surface area contributed by atoms with Crippen LogP contribution in [-0.4, -0.2) is 28.7 Å². The lowest BCUT2D eigenvalue weighted by atomic mass is 9.42. The van der Waals surface area contributed by atoms with E-state index in [-0.39, 0.29) is 28.6 Å². The van der Waals surface area contributed by atoms with Crippen molar-refractivity contribution >= 4 is 5.78 Å². The van der Waals surface area contributed by atoms with Crippen LogP contribution in [0.2, 0.25) is 0 Å². The van der Waals surface area contributed by atoms with Crippen LogP contribution in [0, 0.1) is 28.1 Å². The Morgan fingerprint density at radius 3 is 2.61 bits per heavy atom. The zero-order valence-corrected chi connectivity index (χ0v) is 15.1. The van der Waals surface area contributed by atoms with Gasteiger partial charge in [0.2, 0.25) is 0 Å². The fraction of sp³-hybridized carbons (Fsp3) is 0.850. The predicted octanol–water partition coefficient (Wildman–Crippen LogP) is 3.49. The zero-order valence-electron chi connectivity index (χ0n) is 15.1. The number of carbonyl (C=O) groups excluding carboxylic acids is 1. The van der Waals surface area contributed by atoms with Gasteiger partial charge in [-0.2, -0.15) is 0 Å². The highest BCUT2D eigenvalue weighted by atomic mass is 16.3. The van der Waals surface area contributed by atoms with Gasteiger partial charge in [0.1, 0.15) is 0 Å². The molecule has 0 aromatic heterocycles. The molecule has 3 aliphatic carbocycles. The highest BCUT2D eigenvalue weighted by molar-refractivity contribution is 5.92. The van der Waals surface area contributed by atoms with E-state index in [0.717, 1.165) is 32.1 Å². The summed E-state index contributed by atoms with van der Waals surface area (Å²) in [5.74, 6) is 1.25. The van der Waals surface area contributed by atoms with E-state index in [9.17, 15) is 15.0 Å². The summed E-state index contributed by atoms with van der Waals surface area (Å²) in [4.78, 5) is 12.2. The molecule has 2 saturated carbocycles. The topological polar surface area (TPSA) is 57.5 Å². The van der Waals surface area contributed by atoms with Gasteiger partial charge in [0, 0.05) is 6.42 Å². The van der Waals surface area contributed by atoms with E-state index in [1.807, 2.05) is 6.08 Å². The van der Waals surface area contributed by atoms with Crippen LogP contribution in [0.4, 0.5) is 0 Å². The average Bonchev–Trinajstić information content (AvgIpc) is 2.50. The predicted molar refractivity (Wildman–Crippen MR) is 90.9 cm³/mol. The molecule has 3 aliphatic rings. The molecule has 0 aromatic rings. The standard InChI is InChI=1S/C20H32O3/c1-13-9-15(22)10-16-19(13,3)6-5-14-11-18(2,17(23)12-21)7-8-20(14,16)4/h9,14,16-17,21,23H,5-8,10-12H2,1-4H3/t14-,16-,17+,18-,19+,20-/m0/s1. The molecule has 0 aromatic carbocycles. The van der Waals surface area contributed by atoms with Crippen LogP contribution in [-0.2, 0) is 4.79 Å². The first-order valence-corrected chi connectivity index (χ1v) is 9.16. The molecular formula is C20H32O3. The Kier molecular flexibility index (Phi) is 4.04. The summed E-state index contributed by atoms with van der Waals surface area (Å²) < 4.78 is 0. The third kappa shape index (κ3) is 2.42. The summed E-state index contributed by atoms with van der Waals surface area (Å²) in [7, 11) is 0. The van der Waals surface area contributed by atoms with E-state index < -0.39 is 6.10 Å². The van der Waals surface area contributed by atoms with Crippen molar-refractivity contribution in [3.05, 3.63) is 11.6 Å². The minimum absolute atomic E-state index is 0.151. The zero-order chi connectivity index (χ0) is 17.0. The fourth-order valence-corrected chi connectivity index (χ4v) is 6.04. The van der Waals surface area contributed by atoms with Gasteiger partial charge in [0.15, 0.2) is 5.78 Å². The first kappa shape index (κ1) is 17.2. The third-order valence-electron chi connectivity index (χ3n) is 8.12. The number of carbonyl (C=O) groups is 1. The van der Waals surface area contributed by atoms with Crippen LogP contribution in [0.25, 0.3) is 0 Å². The molecule has 0 spiro atoms. The van der Waals surface area contributed by atoms with Crippen LogP contribution < -0.4 is 0 Å². The van der Waals surface area contributed by atoms with Crippen molar-refractivity contribution in [1.82, 2.24) is 0 Å². The molecule has 3 heteroatoms. The molecule has 0 saturated heterocycles. The quantitative estimate of drug-likeness (QED) is 0.819. The molecule has 0 radical (unpaired) electrons. The van der Waals surface area contributed by atoms with Crippen LogP contribution in [0.1, 0.15) is 66.2 Å². The van der Waals surface area contributed by atoms with E-state index in [1.54, 1.807) is 0 Å². The minimum Gasteiger partial charge on any atom is -0.394 e. The maximum absolute atomic E-state index is 12.2. The lowest BCUT2D eigenvalue weighted by Crippen LogP contribution is -2.56. The summed E-state index contributed by atoms with van der Waals surface area (Å²) in [6, 6.07) is 0. The first-order chi connectivity index (χ1) is 10.7. The van der Waals surface area contributed by atoms with Crippen LogP contribution >= 0.6 is 0 Å². The average molecular weight is 320 g/mol. The smallest absolute Gasteiger partial charge is 0.155 e. The fourth-order valence-electron chi connectivity index (χ4n) is 6.04. The molecule has 130 valence electrons. The molecule has 2 N–H and O–H groups in total. The maximum atomic E-state index is 12.2. The molecule has 0 amide bonds. The number of fused-ring (bicyclic) bond motifs is 3. The Labute approximate surface area is 140 Å². The van der Waals surface area contributed by atoms with Gasteiger partial charge in [0.25, 0.3) is 0 Å². The molecular weight excluding hydrogens is 288 g/mol. The second kappa shape index (κ2) is 5.42. The van der Waals surface area contributed by atoms with Gasteiger partial charge in [-0.25, -0.2) is 0 Å². The Hall–Kier alpha value is -0.670. The van der Waals surface area contributed by atoms with E-state index in [0.29, 0.717) is 18.3 Å². The molecule has 0 heterocycles. The maximum Gasteiger partial charge on any atom is 0.155 e. The van der Waals surface area contributed by atoms with E-state index >= 15 is 0 Å². The molecule has 2 fully saturated rings. The van der Waals surface area contributed by atoms with Crippen molar-refractivity contribution in [2.45, 2.75) is 72.3 Å². The summed E-state index contributed by atoms with van der Waals surface area (Å²) >= 11 is 0. The molecule has 23 heavy (non-hydrogen) atoms. The van der Waals surface area contributed by atoms with E-state index in [2.05, 4.69) is 27.7 Å². The van der Waals surface area contributed by atoms with E-state index in [4.69, 9.17) is 0 Å². The number of aliphatic hydroxyl groups excluding tert-OH is 2. The molecule has 0 bridgehead atoms.